The van der Waals surface area contributed by atoms with Gasteiger partial charge in [0.05, 0.1) is 12.7 Å². The Labute approximate surface area is 214 Å². The van der Waals surface area contributed by atoms with E-state index in [1.807, 2.05) is 6.07 Å². The zero-order valence-electron chi connectivity index (χ0n) is 16.0. The van der Waals surface area contributed by atoms with Gasteiger partial charge in [0, 0.05) is 23.3 Å². The van der Waals surface area contributed by atoms with Crippen LogP contribution in [0.3, 0.4) is 0 Å². The van der Waals surface area contributed by atoms with Gasteiger partial charge in [-0.3, -0.25) is 14.9 Å². The van der Waals surface area contributed by atoms with Crippen molar-refractivity contribution >= 4 is 19.3 Å². The van der Waals surface area contributed by atoms with Crippen LogP contribution in [0.5, 0.6) is 0 Å². The molecule has 17 heteroatoms. The molecule has 0 fully saturated rings. The molecule has 164 valence electrons. The van der Waals surface area contributed by atoms with E-state index < -0.39 is 12.7 Å². The predicted molar refractivity (Wildman–Crippen MR) is 94.5 cm³/mol. The van der Waals surface area contributed by atoms with Crippen LogP contribution in [0.1, 0.15) is 15.9 Å². The van der Waals surface area contributed by atoms with Crippen LogP contribution in [0.15, 0.2) is 54.6 Å². The molecule has 0 spiro atoms. The number of carbonyl (C=O) groups excluding carboxylic acids is 1. The minimum atomic E-state index is -5.14. The van der Waals surface area contributed by atoms with Gasteiger partial charge in [0.15, 0.2) is 5.78 Å². The van der Waals surface area contributed by atoms with E-state index in [0.717, 1.165) is 0 Å². The summed E-state index contributed by atoms with van der Waals surface area (Å²) < 4.78 is 8.66. The Bertz CT molecular complexity index is 704. The summed E-state index contributed by atoms with van der Waals surface area (Å²) in [7, 11) is -5.14. The number of hydrogen-bond donors (Lipinski definition) is 1. The third kappa shape index (κ3) is 22.1. The summed E-state index contributed by atoms with van der Waals surface area (Å²) in [5, 5.41) is 10.5. The van der Waals surface area contributed by atoms with Crippen LogP contribution in [0.4, 0.5) is 5.69 Å². The molecule has 0 heterocycles. The third-order valence-corrected chi connectivity index (χ3v) is 2.38. The Morgan fingerprint density at radius 3 is 1.37 bits per heavy atom. The second-order valence-electron chi connectivity index (χ2n) is 3.97. The van der Waals surface area contributed by atoms with Crippen molar-refractivity contribution in [3.63, 3.8) is 0 Å². The van der Waals surface area contributed by atoms with Gasteiger partial charge in [-0.1, -0.05) is 30.3 Å². The molecule has 0 amide bonds. The van der Waals surface area contributed by atoms with Crippen LogP contribution in [0.2, 0.25) is 0 Å². The molecular weight excluding hydrogens is 455 g/mol. The monoisotopic (exact) mass is 477 g/mol. The van der Waals surface area contributed by atoms with Gasteiger partial charge in [0.1, 0.15) is 0 Å². The number of hydrogen-bond acceptors (Lipinski definition) is 6. The average molecular weight is 477 g/mol. The molecule has 0 bridgehead atoms. The maximum absolute atomic E-state index is 12.0. The summed E-state index contributed by atoms with van der Waals surface area (Å²) in [6.45, 7) is 0. The van der Waals surface area contributed by atoms with E-state index in [2.05, 4.69) is 0 Å². The first-order valence-electron chi connectivity index (χ1n) is 5.77. The quantitative estimate of drug-likeness (QED) is 0.146. The fourth-order valence-electron chi connectivity index (χ4n) is 1.49. The SMILES string of the molecule is O.O.O.O.O.O.O=C(c1ccccc1)c1ccc([N+](=O)[O-])cc1.O=P([O-])([O-])O.[Na+].[Na+]. The minimum Gasteiger partial charge on any atom is -0.790 e. The van der Waals surface area contributed by atoms with Crippen molar-refractivity contribution in [2.45, 2.75) is 0 Å². The molecular formula is C13H22NNa2O13P. The van der Waals surface area contributed by atoms with E-state index in [9.17, 15) is 14.9 Å². The number of nitro benzene ring substituents is 1. The molecule has 13 N–H and O–H groups in total. The van der Waals surface area contributed by atoms with E-state index in [-0.39, 0.29) is 103 Å². The van der Waals surface area contributed by atoms with E-state index in [4.69, 9.17) is 19.2 Å². The van der Waals surface area contributed by atoms with E-state index in [1.165, 1.54) is 24.3 Å². The van der Waals surface area contributed by atoms with Crippen LogP contribution in [0, 0.1) is 10.1 Å². The van der Waals surface area contributed by atoms with Crippen molar-refractivity contribution in [3.8, 4) is 0 Å². The number of carbonyl (C=O) groups is 1. The smallest absolute Gasteiger partial charge is 0.790 e. The van der Waals surface area contributed by atoms with Crippen molar-refractivity contribution in [3.05, 3.63) is 75.8 Å². The molecule has 0 saturated carbocycles. The minimum absolute atomic E-state index is 0. The molecule has 2 aromatic rings. The standard InChI is InChI=1S/C13H9NO3.2Na.H3O4P.6H2O/c15-13(10-4-2-1-3-5-10)11-6-8-12(9-7-11)14(16)17;;;1-5(2,3)4;;;;;;/h1-9H;;;(H3,1,2,3,4);6*1H2/q;2*+1;;;;;;;/p-2. The van der Waals surface area contributed by atoms with E-state index in [1.54, 1.807) is 24.3 Å². The van der Waals surface area contributed by atoms with Crippen LogP contribution in [-0.4, -0.2) is 48.5 Å². The molecule has 0 aromatic heterocycles. The molecule has 2 aromatic carbocycles. The topological polar surface area (TPSA) is 333 Å². The molecule has 14 nitrogen and oxygen atoms in total. The molecule has 0 aliphatic heterocycles. The fraction of sp³-hybridized carbons (Fsp3) is 0. The number of nitrogens with zero attached hydrogens (tertiary/aromatic N) is 1. The van der Waals surface area contributed by atoms with Crippen molar-refractivity contribution < 1.29 is 121 Å². The average Bonchev–Trinajstić information content (AvgIpc) is 2.46. The van der Waals surface area contributed by atoms with Gasteiger partial charge in [0.25, 0.3) is 5.69 Å². The maximum atomic E-state index is 12.0. The Morgan fingerprint density at radius 2 is 1.07 bits per heavy atom. The maximum Gasteiger partial charge on any atom is 1.00 e. The zero-order valence-corrected chi connectivity index (χ0v) is 20.9. The molecule has 0 aliphatic carbocycles. The number of rotatable bonds is 3. The van der Waals surface area contributed by atoms with Gasteiger partial charge >= 0.3 is 59.1 Å². The molecule has 0 radical (unpaired) electrons. The van der Waals surface area contributed by atoms with Crippen molar-refractivity contribution in [2.24, 2.45) is 0 Å². The molecule has 30 heavy (non-hydrogen) atoms. The molecule has 0 atom stereocenters. The number of nitro groups is 1. The third-order valence-electron chi connectivity index (χ3n) is 2.38. The second kappa shape index (κ2) is 24.6. The van der Waals surface area contributed by atoms with E-state index >= 15 is 0 Å². The Hall–Kier alpha value is -0.620. The summed E-state index contributed by atoms with van der Waals surface area (Å²) in [5.41, 5.74) is 0.998. The first-order valence-corrected chi connectivity index (χ1v) is 7.27. The molecule has 0 saturated heterocycles. The molecule has 2 rings (SSSR count). The summed E-state index contributed by atoms with van der Waals surface area (Å²) in [5.74, 6) is -0.138. The van der Waals surface area contributed by atoms with Gasteiger partial charge in [-0.05, 0) is 12.1 Å². The van der Waals surface area contributed by atoms with Crippen LogP contribution in [0.25, 0.3) is 0 Å². The predicted octanol–water partition coefficient (Wildman–Crippen LogP) is -10.3. The zero-order chi connectivity index (χ0) is 16.8. The number of non-ortho nitro benzene ring substituents is 1. The van der Waals surface area contributed by atoms with Crippen molar-refractivity contribution in [1.29, 1.82) is 0 Å². The van der Waals surface area contributed by atoms with Gasteiger partial charge in [-0.2, -0.15) is 0 Å². The summed E-state index contributed by atoms with van der Waals surface area (Å²) >= 11 is 0. The first kappa shape index (κ1) is 51.8. The Kier molecular flexibility index (Phi) is 42.5. The van der Waals surface area contributed by atoms with Crippen LogP contribution < -0.4 is 68.9 Å². The summed E-state index contributed by atoms with van der Waals surface area (Å²) in [6.07, 6.45) is 0. The van der Waals surface area contributed by atoms with Gasteiger partial charge in [0.2, 0.25) is 0 Å². The fourth-order valence-corrected chi connectivity index (χ4v) is 1.49. The number of phosphoric acid groups is 1. The Morgan fingerprint density at radius 1 is 0.767 bits per heavy atom. The number of benzene rings is 2. The van der Waals surface area contributed by atoms with Gasteiger partial charge < -0.3 is 52.1 Å². The van der Waals surface area contributed by atoms with Crippen molar-refractivity contribution in [2.75, 3.05) is 0 Å². The molecule has 0 aliphatic rings. The molecule has 0 unspecified atom stereocenters. The van der Waals surface area contributed by atoms with Crippen LogP contribution in [-0.2, 0) is 4.57 Å². The van der Waals surface area contributed by atoms with Crippen LogP contribution >= 0.6 is 7.82 Å². The number of ketones is 1. The summed E-state index contributed by atoms with van der Waals surface area (Å²) in [6, 6.07) is 14.4. The first-order chi connectivity index (χ1) is 10.2. The summed E-state index contributed by atoms with van der Waals surface area (Å²) in [4.78, 5) is 46.2. The normalized spacial score (nSPS) is 7.57. The van der Waals surface area contributed by atoms with Gasteiger partial charge in [-0.15, -0.1) is 0 Å². The van der Waals surface area contributed by atoms with Gasteiger partial charge in [-0.25, -0.2) is 0 Å². The van der Waals surface area contributed by atoms with Crippen molar-refractivity contribution in [1.82, 2.24) is 0 Å². The second-order valence-corrected chi connectivity index (χ2v) is 4.90. The largest absolute Gasteiger partial charge is 1.00 e. The van der Waals surface area contributed by atoms with E-state index in [0.29, 0.717) is 11.1 Å². The Balaban J connectivity index is -0.0000000566.